The lowest BCUT2D eigenvalue weighted by molar-refractivity contribution is -0.148. The molecule has 3 heteroatoms. The second-order valence-electron chi connectivity index (χ2n) is 5.80. The van der Waals surface area contributed by atoms with Crippen molar-refractivity contribution in [2.75, 3.05) is 0 Å². The van der Waals surface area contributed by atoms with Gasteiger partial charge in [-0.25, -0.2) is 9.18 Å². The molecule has 0 bridgehead atoms. The molecule has 0 heterocycles. The first kappa shape index (κ1) is 15.4. The smallest absolute Gasteiger partial charge is 0.331 e. The molecule has 0 N–H and O–H groups in total. The van der Waals surface area contributed by atoms with Crippen LogP contribution in [0.2, 0.25) is 0 Å². The minimum atomic E-state index is -0.507. The van der Waals surface area contributed by atoms with Crippen LogP contribution in [0, 0.1) is 5.82 Å². The Balaban J connectivity index is 2.83. The van der Waals surface area contributed by atoms with Gasteiger partial charge in [-0.05, 0) is 56.0 Å². The van der Waals surface area contributed by atoms with E-state index in [0.29, 0.717) is 5.56 Å². The van der Waals surface area contributed by atoms with Crippen molar-refractivity contribution in [3.05, 3.63) is 41.2 Å². The summed E-state index contributed by atoms with van der Waals surface area (Å²) < 4.78 is 18.7. The Bertz CT molecular complexity index is 482. The third-order valence-corrected chi connectivity index (χ3v) is 2.46. The van der Waals surface area contributed by atoms with Crippen LogP contribution in [0.15, 0.2) is 24.3 Å². The summed E-state index contributed by atoms with van der Waals surface area (Å²) in [5.74, 6) is -0.512. The van der Waals surface area contributed by atoms with Crippen LogP contribution in [-0.4, -0.2) is 11.6 Å². The number of halogens is 1. The molecule has 1 aromatic rings. The predicted octanol–water partition coefficient (Wildman–Crippen LogP) is 4.30. The lowest BCUT2D eigenvalue weighted by Gasteiger charge is -2.17. The maximum absolute atomic E-state index is 13.5. The lowest BCUT2D eigenvalue weighted by Crippen LogP contribution is -2.22. The van der Waals surface area contributed by atoms with Gasteiger partial charge in [0.25, 0.3) is 0 Å². The summed E-state index contributed by atoms with van der Waals surface area (Å²) in [7, 11) is 0. The molecule has 0 atom stereocenters. The fourth-order valence-electron chi connectivity index (χ4n) is 1.61. The largest absolute Gasteiger partial charge is 0.457 e. The highest BCUT2D eigenvalue weighted by Crippen LogP contribution is 2.20. The average Bonchev–Trinajstić information content (AvgIpc) is 2.25. The molecule has 104 valence electrons. The topological polar surface area (TPSA) is 26.3 Å². The molecule has 0 aliphatic rings. The van der Waals surface area contributed by atoms with Crippen LogP contribution < -0.4 is 0 Å². The molecule has 1 aromatic carbocycles. The SMILES string of the molecule is CC(C)c1cc(/C=C/C(=O)OC(C)(C)C)ccc1F. The van der Waals surface area contributed by atoms with Gasteiger partial charge in [-0.3, -0.25) is 0 Å². The van der Waals surface area contributed by atoms with Crippen molar-refractivity contribution < 1.29 is 13.9 Å². The Kier molecular flexibility index (Phi) is 4.87. The van der Waals surface area contributed by atoms with Gasteiger partial charge in [-0.1, -0.05) is 19.9 Å². The second-order valence-corrected chi connectivity index (χ2v) is 5.80. The predicted molar refractivity (Wildman–Crippen MR) is 75.4 cm³/mol. The Labute approximate surface area is 114 Å². The quantitative estimate of drug-likeness (QED) is 0.601. The van der Waals surface area contributed by atoms with Crippen LogP contribution in [0.25, 0.3) is 6.08 Å². The van der Waals surface area contributed by atoms with E-state index in [1.807, 2.05) is 34.6 Å². The highest BCUT2D eigenvalue weighted by Gasteiger charge is 2.14. The number of hydrogen-bond donors (Lipinski definition) is 0. The first-order chi connectivity index (χ1) is 8.69. The van der Waals surface area contributed by atoms with Crippen LogP contribution in [0.1, 0.15) is 51.7 Å². The lowest BCUT2D eigenvalue weighted by atomic mass is 10.00. The number of carbonyl (C=O) groups excluding carboxylic acids is 1. The van der Waals surface area contributed by atoms with Gasteiger partial charge in [0.15, 0.2) is 0 Å². The average molecular weight is 264 g/mol. The first-order valence-corrected chi connectivity index (χ1v) is 6.39. The number of hydrogen-bond acceptors (Lipinski definition) is 2. The van der Waals surface area contributed by atoms with Gasteiger partial charge < -0.3 is 4.74 Å². The van der Waals surface area contributed by atoms with E-state index >= 15 is 0 Å². The minimum Gasteiger partial charge on any atom is -0.457 e. The summed E-state index contributed by atoms with van der Waals surface area (Å²) in [4.78, 5) is 11.5. The molecular formula is C16H21FO2. The van der Waals surface area contributed by atoms with Crippen LogP contribution in [0.3, 0.4) is 0 Å². The summed E-state index contributed by atoms with van der Waals surface area (Å²) >= 11 is 0. The Morgan fingerprint density at radius 2 is 1.95 bits per heavy atom. The summed E-state index contributed by atoms with van der Waals surface area (Å²) in [5, 5.41) is 0. The van der Waals surface area contributed by atoms with Crippen LogP contribution in [-0.2, 0) is 9.53 Å². The molecule has 2 nitrogen and oxygen atoms in total. The van der Waals surface area contributed by atoms with E-state index in [1.54, 1.807) is 18.2 Å². The standard InChI is InChI=1S/C16H21FO2/c1-11(2)13-10-12(6-8-14(13)17)7-9-15(18)19-16(3,4)5/h6-11H,1-5H3/b9-7+. The third-order valence-electron chi connectivity index (χ3n) is 2.46. The zero-order valence-corrected chi connectivity index (χ0v) is 12.2. The van der Waals surface area contributed by atoms with Gasteiger partial charge in [0.05, 0.1) is 0 Å². The van der Waals surface area contributed by atoms with Crippen molar-refractivity contribution in [2.45, 2.75) is 46.1 Å². The van der Waals surface area contributed by atoms with Gasteiger partial charge >= 0.3 is 5.97 Å². The van der Waals surface area contributed by atoms with Gasteiger partial charge in [-0.15, -0.1) is 0 Å². The number of esters is 1. The molecule has 0 unspecified atom stereocenters. The molecule has 0 aromatic heterocycles. The van der Waals surface area contributed by atoms with E-state index in [2.05, 4.69) is 0 Å². The van der Waals surface area contributed by atoms with Gasteiger partial charge in [0.2, 0.25) is 0 Å². The Hall–Kier alpha value is -1.64. The molecule has 0 radical (unpaired) electrons. The molecule has 19 heavy (non-hydrogen) atoms. The Morgan fingerprint density at radius 3 is 2.47 bits per heavy atom. The Morgan fingerprint density at radius 1 is 1.32 bits per heavy atom. The van der Waals surface area contributed by atoms with Crippen molar-refractivity contribution in [1.29, 1.82) is 0 Å². The zero-order chi connectivity index (χ0) is 14.6. The summed E-state index contributed by atoms with van der Waals surface area (Å²) in [6, 6.07) is 4.81. The maximum atomic E-state index is 13.5. The molecule has 0 aliphatic heterocycles. The highest BCUT2D eigenvalue weighted by molar-refractivity contribution is 5.87. The van der Waals surface area contributed by atoms with Crippen molar-refractivity contribution in [1.82, 2.24) is 0 Å². The zero-order valence-electron chi connectivity index (χ0n) is 12.2. The van der Waals surface area contributed by atoms with E-state index < -0.39 is 11.6 Å². The molecule has 0 aliphatic carbocycles. The fourth-order valence-corrected chi connectivity index (χ4v) is 1.61. The summed E-state index contributed by atoms with van der Waals surface area (Å²) in [5.41, 5.74) is 0.926. The monoisotopic (exact) mass is 264 g/mol. The van der Waals surface area contributed by atoms with Crippen LogP contribution >= 0.6 is 0 Å². The van der Waals surface area contributed by atoms with Crippen molar-refractivity contribution in [2.24, 2.45) is 0 Å². The summed E-state index contributed by atoms with van der Waals surface area (Å²) in [6.07, 6.45) is 3.00. The van der Waals surface area contributed by atoms with Crippen molar-refractivity contribution in [3.63, 3.8) is 0 Å². The van der Waals surface area contributed by atoms with Gasteiger partial charge in [0.1, 0.15) is 11.4 Å². The van der Waals surface area contributed by atoms with E-state index in [4.69, 9.17) is 4.74 Å². The molecule has 0 amide bonds. The van der Waals surface area contributed by atoms with Crippen LogP contribution in [0.4, 0.5) is 4.39 Å². The fraction of sp³-hybridized carbons (Fsp3) is 0.438. The maximum Gasteiger partial charge on any atom is 0.331 e. The number of carbonyl (C=O) groups is 1. The highest BCUT2D eigenvalue weighted by atomic mass is 19.1. The van der Waals surface area contributed by atoms with E-state index in [-0.39, 0.29) is 11.7 Å². The van der Waals surface area contributed by atoms with Gasteiger partial charge in [-0.2, -0.15) is 0 Å². The molecule has 0 saturated heterocycles. The van der Waals surface area contributed by atoms with Gasteiger partial charge in [0, 0.05) is 6.08 Å². The van der Waals surface area contributed by atoms with E-state index in [9.17, 15) is 9.18 Å². The molecule has 0 fully saturated rings. The van der Waals surface area contributed by atoms with Crippen molar-refractivity contribution >= 4 is 12.0 Å². The number of benzene rings is 1. The molecular weight excluding hydrogens is 243 g/mol. The van der Waals surface area contributed by atoms with E-state index in [1.165, 1.54) is 12.1 Å². The molecule has 0 saturated carbocycles. The molecule has 1 rings (SSSR count). The number of ether oxygens (including phenoxy) is 1. The second kappa shape index (κ2) is 6.00. The summed E-state index contributed by atoms with van der Waals surface area (Å²) in [6.45, 7) is 9.30. The van der Waals surface area contributed by atoms with Crippen molar-refractivity contribution in [3.8, 4) is 0 Å². The normalized spacial score (nSPS) is 12.2. The first-order valence-electron chi connectivity index (χ1n) is 6.39. The number of rotatable bonds is 3. The van der Waals surface area contributed by atoms with E-state index in [0.717, 1.165) is 5.56 Å². The third kappa shape index (κ3) is 5.25. The minimum absolute atomic E-state index is 0.106. The molecule has 0 spiro atoms. The van der Waals surface area contributed by atoms with Crippen LogP contribution in [0.5, 0.6) is 0 Å².